The maximum Gasteiger partial charge on any atom is 0.145 e. The second kappa shape index (κ2) is 13.4. The number of nitriles is 3. The van der Waals surface area contributed by atoms with Gasteiger partial charge in [0.1, 0.15) is 50.6 Å². The maximum absolute atomic E-state index is 9.67. The summed E-state index contributed by atoms with van der Waals surface area (Å²) in [6, 6.07) is 59.4. The van der Waals surface area contributed by atoms with Crippen molar-refractivity contribution in [3.63, 3.8) is 0 Å². The molecule has 0 aliphatic carbocycles. The van der Waals surface area contributed by atoms with Crippen molar-refractivity contribution < 1.29 is 0 Å². The topological polar surface area (TPSA) is 125 Å². The number of benzene rings is 7. The summed E-state index contributed by atoms with van der Waals surface area (Å²) in [6.45, 7) is 0. The van der Waals surface area contributed by atoms with Gasteiger partial charge in [-0.1, -0.05) is 54.6 Å². The minimum atomic E-state index is 0.550. The van der Waals surface area contributed by atoms with Crippen molar-refractivity contribution >= 4 is 33.1 Å². The molecule has 7 aromatic carbocycles. The van der Waals surface area contributed by atoms with Crippen LogP contribution in [0.5, 0.6) is 0 Å². The van der Waals surface area contributed by atoms with Crippen LogP contribution in [0.15, 0.2) is 164 Å². The lowest BCUT2D eigenvalue weighted by molar-refractivity contribution is 1.10. The van der Waals surface area contributed by atoms with Gasteiger partial charge in [-0.15, -0.1) is 0 Å². The van der Waals surface area contributed by atoms with Crippen LogP contribution in [0.25, 0.3) is 84.3 Å². The molecule has 0 radical (unpaired) electrons. The van der Waals surface area contributed by atoms with Gasteiger partial charge < -0.3 is 0 Å². The first-order chi connectivity index (χ1) is 28.1. The smallest absolute Gasteiger partial charge is 0.145 e. The average molecular weight is 730 g/mol. The number of nitrogens with zero attached hydrogens (tertiary/aromatic N) is 9. The number of fused-ring (bicyclic) bond motifs is 6. The fourth-order valence-corrected chi connectivity index (χ4v) is 7.56. The van der Waals surface area contributed by atoms with Crippen LogP contribution in [0.2, 0.25) is 0 Å². The molecule has 0 fully saturated rings. The molecule has 0 bridgehead atoms. The van der Waals surface area contributed by atoms with Crippen molar-refractivity contribution in [3.05, 3.63) is 180 Å². The Hall–Kier alpha value is -8.58. The SMILES string of the molecule is N#Cc1ccc(-c2nc3c(c4nc(-c5ccc(C#N)cc5)n(-c5ccccc5)c4c4nc(-c5ccc(C#N)cc5)n(-c5ccccc5)c34)n2-c2ccccc2)cc1. The number of para-hydroxylation sites is 3. The summed E-state index contributed by atoms with van der Waals surface area (Å²) in [6.07, 6.45) is 0. The molecule has 9 heteroatoms. The molecule has 3 aromatic heterocycles. The summed E-state index contributed by atoms with van der Waals surface area (Å²) in [5.41, 5.74) is 11.1. The van der Waals surface area contributed by atoms with E-state index in [2.05, 4.69) is 68.3 Å². The minimum absolute atomic E-state index is 0.550. The van der Waals surface area contributed by atoms with Crippen LogP contribution >= 0.6 is 0 Å². The zero-order valence-corrected chi connectivity index (χ0v) is 30.1. The molecule has 0 saturated heterocycles. The summed E-state index contributed by atoms with van der Waals surface area (Å²) in [5, 5.41) is 29.0. The van der Waals surface area contributed by atoms with E-state index in [1.54, 1.807) is 36.4 Å². The van der Waals surface area contributed by atoms with E-state index in [0.29, 0.717) is 50.7 Å². The molecule has 0 atom stereocenters. The van der Waals surface area contributed by atoms with E-state index >= 15 is 0 Å². The molecule has 0 spiro atoms. The van der Waals surface area contributed by atoms with Gasteiger partial charge in [-0.05, 0) is 109 Å². The summed E-state index contributed by atoms with van der Waals surface area (Å²) in [5.74, 6) is 2.01. The predicted molar refractivity (Wildman–Crippen MR) is 221 cm³/mol. The lowest BCUT2D eigenvalue weighted by atomic mass is 10.1. The molecular formula is C48H27N9. The Morgan fingerprint density at radius 1 is 0.316 bits per heavy atom. The second-order valence-electron chi connectivity index (χ2n) is 13.5. The molecule has 9 nitrogen and oxygen atoms in total. The van der Waals surface area contributed by atoms with Crippen molar-refractivity contribution in [1.82, 2.24) is 28.7 Å². The Morgan fingerprint density at radius 3 is 0.789 bits per heavy atom. The lowest BCUT2D eigenvalue weighted by Crippen LogP contribution is -2.00. The Bertz CT molecular complexity index is 2880. The Morgan fingerprint density at radius 2 is 0.561 bits per heavy atom. The molecule has 264 valence electrons. The van der Waals surface area contributed by atoms with E-state index < -0.39 is 0 Å². The number of imidazole rings is 3. The standard InChI is InChI=1S/C48H27N9/c49-28-31-16-22-34(23-17-31)46-52-40-43(55(46)37-10-4-1-5-11-37)41-45(57(39-14-8-3-9-15-39)47(53-41)35-24-18-32(29-50)19-25-35)42-44(40)56(38-12-6-2-7-13-38)48(54-42)36-26-20-33(30-51)21-27-36/h1-27H. The van der Waals surface area contributed by atoms with Gasteiger partial charge in [-0.3, -0.25) is 13.7 Å². The van der Waals surface area contributed by atoms with Gasteiger partial charge in [0, 0.05) is 33.8 Å². The van der Waals surface area contributed by atoms with Crippen LogP contribution in [0.1, 0.15) is 16.7 Å². The van der Waals surface area contributed by atoms with Crippen molar-refractivity contribution in [2.75, 3.05) is 0 Å². The molecule has 0 N–H and O–H groups in total. The van der Waals surface area contributed by atoms with Crippen molar-refractivity contribution in [2.24, 2.45) is 0 Å². The average Bonchev–Trinajstić information content (AvgIpc) is 4.00. The highest BCUT2D eigenvalue weighted by molar-refractivity contribution is 6.22. The predicted octanol–water partition coefficient (Wildman–Crippen LogP) is 10.3. The highest BCUT2D eigenvalue weighted by atomic mass is 15.2. The summed E-state index contributed by atoms with van der Waals surface area (Å²) in [4.78, 5) is 16.5. The van der Waals surface area contributed by atoms with Crippen LogP contribution in [0.3, 0.4) is 0 Å². The molecule has 57 heavy (non-hydrogen) atoms. The van der Waals surface area contributed by atoms with Gasteiger partial charge in [0.05, 0.1) is 34.9 Å². The van der Waals surface area contributed by atoms with Gasteiger partial charge in [-0.2, -0.15) is 15.8 Å². The van der Waals surface area contributed by atoms with Gasteiger partial charge in [0.25, 0.3) is 0 Å². The fraction of sp³-hybridized carbons (Fsp3) is 0. The molecule has 0 aliphatic rings. The molecular weight excluding hydrogens is 703 g/mol. The molecule has 0 aliphatic heterocycles. The number of hydrogen-bond donors (Lipinski definition) is 0. The van der Waals surface area contributed by atoms with E-state index in [0.717, 1.165) is 50.3 Å². The lowest BCUT2D eigenvalue weighted by Gasteiger charge is -2.12. The molecule has 10 rings (SSSR count). The maximum atomic E-state index is 9.67. The summed E-state index contributed by atoms with van der Waals surface area (Å²) >= 11 is 0. The fourth-order valence-electron chi connectivity index (χ4n) is 7.56. The van der Waals surface area contributed by atoms with E-state index in [4.69, 9.17) is 15.0 Å². The monoisotopic (exact) mass is 729 g/mol. The Labute approximate surface area is 326 Å². The highest BCUT2D eigenvalue weighted by Crippen LogP contribution is 2.44. The first-order valence-corrected chi connectivity index (χ1v) is 18.2. The van der Waals surface area contributed by atoms with Crippen LogP contribution < -0.4 is 0 Å². The van der Waals surface area contributed by atoms with Crippen LogP contribution in [0.4, 0.5) is 0 Å². The van der Waals surface area contributed by atoms with Gasteiger partial charge in [0.15, 0.2) is 0 Å². The second-order valence-corrected chi connectivity index (χ2v) is 13.5. The van der Waals surface area contributed by atoms with Crippen molar-refractivity contribution in [1.29, 1.82) is 15.8 Å². The van der Waals surface area contributed by atoms with E-state index in [1.165, 1.54) is 0 Å². The van der Waals surface area contributed by atoms with Crippen molar-refractivity contribution in [3.8, 4) is 69.4 Å². The molecule has 3 heterocycles. The Balaban J connectivity index is 1.47. The molecule has 0 saturated carbocycles. The van der Waals surface area contributed by atoms with E-state index in [1.807, 2.05) is 91.0 Å². The van der Waals surface area contributed by atoms with Crippen LogP contribution in [-0.4, -0.2) is 28.7 Å². The van der Waals surface area contributed by atoms with Gasteiger partial charge >= 0.3 is 0 Å². The van der Waals surface area contributed by atoms with Gasteiger partial charge in [0.2, 0.25) is 0 Å². The quantitative estimate of drug-likeness (QED) is 0.168. The normalized spacial score (nSPS) is 11.1. The number of rotatable bonds is 6. The highest BCUT2D eigenvalue weighted by Gasteiger charge is 2.30. The first-order valence-electron chi connectivity index (χ1n) is 18.2. The number of hydrogen-bond acceptors (Lipinski definition) is 6. The largest absolute Gasteiger partial charge is 0.290 e. The summed E-state index contributed by atoms with van der Waals surface area (Å²) < 4.78 is 6.44. The zero-order chi connectivity index (χ0) is 38.5. The van der Waals surface area contributed by atoms with E-state index in [-0.39, 0.29) is 0 Å². The minimum Gasteiger partial charge on any atom is -0.290 e. The van der Waals surface area contributed by atoms with E-state index in [9.17, 15) is 15.8 Å². The summed E-state index contributed by atoms with van der Waals surface area (Å²) in [7, 11) is 0. The molecule has 10 aromatic rings. The van der Waals surface area contributed by atoms with Crippen LogP contribution in [-0.2, 0) is 0 Å². The number of aromatic nitrogens is 6. The third-order valence-electron chi connectivity index (χ3n) is 10.2. The van der Waals surface area contributed by atoms with Crippen molar-refractivity contribution in [2.45, 2.75) is 0 Å². The van der Waals surface area contributed by atoms with Gasteiger partial charge in [-0.25, -0.2) is 15.0 Å². The first kappa shape index (κ1) is 33.0. The molecule has 0 amide bonds. The third-order valence-corrected chi connectivity index (χ3v) is 10.2. The third kappa shape index (κ3) is 5.33. The Kier molecular flexibility index (Phi) is 7.75. The molecule has 0 unspecified atom stereocenters. The zero-order valence-electron chi connectivity index (χ0n) is 30.1. The van der Waals surface area contributed by atoms with Crippen LogP contribution in [0, 0.1) is 34.0 Å².